The van der Waals surface area contributed by atoms with Crippen molar-refractivity contribution < 1.29 is 124 Å². The van der Waals surface area contributed by atoms with Crippen molar-refractivity contribution in [2.45, 2.75) is 0 Å². The van der Waals surface area contributed by atoms with Crippen LogP contribution in [0.4, 0.5) is 0 Å². The van der Waals surface area contributed by atoms with Gasteiger partial charge >= 0.3 is 111 Å². The molecule has 4 nitrogen and oxygen atoms in total. The van der Waals surface area contributed by atoms with Gasteiger partial charge in [-0.25, -0.2) is 4.57 Å². The van der Waals surface area contributed by atoms with Crippen LogP contribution in [0.3, 0.4) is 0 Å². The molecule has 0 unspecified atom stereocenters. The van der Waals surface area contributed by atoms with Gasteiger partial charge in [-0.15, -0.1) is 0 Å². The van der Waals surface area contributed by atoms with E-state index in [0.29, 0.717) is 0 Å². The van der Waals surface area contributed by atoms with Crippen LogP contribution in [-0.4, -0.2) is 9.79 Å². The predicted octanol–water partition coefficient (Wildman–Crippen LogP) is -4.61. The van der Waals surface area contributed by atoms with Crippen molar-refractivity contribution in [3.63, 3.8) is 0 Å². The summed E-state index contributed by atoms with van der Waals surface area (Å²) in [6, 6.07) is 7.93. The molecule has 2 N–H and O–H groups in total. The second kappa shape index (κ2) is 8.58. The van der Waals surface area contributed by atoms with Gasteiger partial charge in [0.1, 0.15) is 5.75 Å². The molecule has 0 radical (unpaired) electrons. The maximum Gasteiger partial charge on any atom is 1.00 e. The van der Waals surface area contributed by atoms with Gasteiger partial charge in [0.15, 0.2) is 0 Å². The van der Waals surface area contributed by atoms with Crippen molar-refractivity contribution in [2.75, 3.05) is 0 Å². The van der Waals surface area contributed by atoms with Gasteiger partial charge in [-0.1, -0.05) is 18.2 Å². The summed E-state index contributed by atoms with van der Waals surface area (Å²) in [5, 5.41) is 0. The summed E-state index contributed by atoms with van der Waals surface area (Å²) in [6.45, 7) is 0. The Morgan fingerprint density at radius 3 is 2.00 bits per heavy atom. The van der Waals surface area contributed by atoms with Crippen LogP contribution in [0.15, 0.2) is 30.3 Å². The quantitative estimate of drug-likeness (QED) is 0.412. The van der Waals surface area contributed by atoms with Gasteiger partial charge in [0.2, 0.25) is 0 Å². The molecule has 1 aromatic rings. The summed E-state index contributed by atoms with van der Waals surface area (Å²) >= 11 is 0. The Hall–Kier alpha value is 2.44. The molecule has 7 heteroatoms. The summed E-state index contributed by atoms with van der Waals surface area (Å²) in [6.07, 6.45) is 0. The topological polar surface area (TPSA) is 66.8 Å². The number of hydrogen-bond donors (Lipinski definition) is 2. The van der Waals surface area contributed by atoms with Crippen LogP contribution >= 0.6 is 7.82 Å². The van der Waals surface area contributed by atoms with E-state index < -0.39 is 7.82 Å². The monoisotopic (exact) mass is 254 g/mol. The first kappa shape index (κ1) is 17.8. The molecule has 0 saturated heterocycles. The molecule has 1 rings (SSSR count). The van der Waals surface area contributed by atoms with Crippen molar-refractivity contribution in [1.82, 2.24) is 0 Å². The first-order chi connectivity index (χ1) is 5.08. The van der Waals surface area contributed by atoms with E-state index in [1.165, 1.54) is 12.1 Å². The first-order valence-electron chi connectivity index (χ1n) is 2.88. The van der Waals surface area contributed by atoms with Crippen molar-refractivity contribution in [3.05, 3.63) is 30.3 Å². The fourth-order valence-corrected chi connectivity index (χ4v) is 1.02. The Morgan fingerprint density at radius 2 is 1.62 bits per heavy atom. The van der Waals surface area contributed by atoms with E-state index in [4.69, 9.17) is 9.79 Å². The molecule has 0 atom stereocenters. The smallest absolute Gasteiger partial charge is 1.00 e. The molecular formula is C6H9K2O4P. The molecule has 64 valence electrons. The Bertz CT molecular complexity index is 282. The third kappa shape index (κ3) is 9.38. The summed E-state index contributed by atoms with van der Waals surface area (Å²) in [4.78, 5) is 16.7. The van der Waals surface area contributed by atoms with Crippen LogP contribution in [0, 0.1) is 0 Å². The van der Waals surface area contributed by atoms with Gasteiger partial charge in [-0.05, 0) is 12.1 Å². The van der Waals surface area contributed by atoms with Gasteiger partial charge in [0.05, 0.1) is 0 Å². The third-order valence-electron chi connectivity index (χ3n) is 0.968. The van der Waals surface area contributed by atoms with Crippen molar-refractivity contribution >= 4 is 7.82 Å². The molecule has 0 aliphatic rings. The van der Waals surface area contributed by atoms with Gasteiger partial charge in [-0.2, -0.15) is 0 Å². The van der Waals surface area contributed by atoms with Crippen molar-refractivity contribution in [3.8, 4) is 5.75 Å². The molecule has 0 fully saturated rings. The minimum absolute atomic E-state index is 0. The van der Waals surface area contributed by atoms with Crippen LogP contribution in [0.5, 0.6) is 5.75 Å². The average molecular weight is 254 g/mol. The zero-order chi connectivity index (χ0) is 8.32. The molecule has 0 spiro atoms. The van der Waals surface area contributed by atoms with E-state index in [9.17, 15) is 4.57 Å². The normalized spacial score (nSPS) is 9.38. The van der Waals surface area contributed by atoms with E-state index in [-0.39, 0.29) is 111 Å². The van der Waals surface area contributed by atoms with Crippen LogP contribution in [0.1, 0.15) is 2.85 Å². The zero-order valence-corrected chi connectivity index (χ0v) is 14.7. The minimum atomic E-state index is -4.39. The number of phosphoric ester groups is 1. The number of phosphoric acid groups is 1. The maximum absolute atomic E-state index is 10.3. The van der Waals surface area contributed by atoms with Crippen LogP contribution < -0.4 is 107 Å². The van der Waals surface area contributed by atoms with Crippen LogP contribution in [0.2, 0.25) is 0 Å². The number of para-hydroxylation sites is 1. The summed E-state index contributed by atoms with van der Waals surface area (Å²) in [7, 11) is -4.39. The third-order valence-corrected chi connectivity index (χ3v) is 1.42. The largest absolute Gasteiger partial charge is 1.00 e. The summed E-state index contributed by atoms with van der Waals surface area (Å²) in [5.74, 6) is 0.167. The maximum atomic E-state index is 10.3. The second-order valence-corrected chi connectivity index (χ2v) is 3.06. The zero-order valence-electron chi connectivity index (χ0n) is 9.54. The molecule has 0 aliphatic heterocycles. The molecule has 0 aromatic heterocycles. The van der Waals surface area contributed by atoms with E-state index in [1.807, 2.05) is 0 Å². The molecule has 13 heavy (non-hydrogen) atoms. The average Bonchev–Trinajstić information content (AvgIpc) is 1.85. The Labute approximate surface area is 164 Å². The molecule has 0 bridgehead atoms. The van der Waals surface area contributed by atoms with Crippen LogP contribution in [0.25, 0.3) is 0 Å². The Kier molecular flexibility index (Phi) is 11.8. The van der Waals surface area contributed by atoms with Crippen molar-refractivity contribution in [2.24, 2.45) is 0 Å². The fraction of sp³-hybridized carbons (Fsp3) is 0. The second-order valence-electron chi connectivity index (χ2n) is 1.89. The number of rotatable bonds is 2. The Balaban J connectivity index is -0.000000151. The summed E-state index contributed by atoms with van der Waals surface area (Å²) in [5.41, 5.74) is 0. The fourth-order valence-electron chi connectivity index (χ4n) is 0.619. The molecule has 1 aromatic carbocycles. The predicted molar refractivity (Wildman–Crippen MR) is 41.3 cm³/mol. The van der Waals surface area contributed by atoms with Crippen LogP contribution in [-0.2, 0) is 4.57 Å². The first-order valence-corrected chi connectivity index (χ1v) is 4.41. The SMILES string of the molecule is O=P(O)(O)Oc1ccccc1.[H-].[H-].[K+].[K+]. The van der Waals surface area contributed by atoms with Gasteiger partial charge in [-0.3, -0.25) is 9.79 Å². The summed E-state index contributed by atoms with van der Waals surface area (Å²) < 4.78 is 14.5. The molecule has 0 amide bonds. The molecule has 0 aliphatic carbocycles. The standard InChI is InChI=1S/C6H7O4P.2K.2H/c7-11(8,9)10-6-4-2-1-3-5-6;;;;/h1-5H,(H2,7,8,9);;;;/q;2*+1;2*-1. The molecule has 0 heterocycles. The minimum Gasteiger partial charge on any atom is -1.00 e. The van der Waals surface area contributed by atoms with Gasteiger partial charge < -0.3 is 7.38 Å². The number of hydrogen-bond acceptors (Lipinski definition) is 2. The van der Waals surface area contributed by atoms with Gasteiger partial charge in [0, 0.05) is 0 Å². The van der Waals surface area contributed by atoms with E-state index in [0.717, 1.165) is 0 Å². The van der Waals surface area contributed by atoms with E-state index in [2.05, 4.69) is 4.52 Å². The van der Waals surface area contributed by atoms with Crippen molar-refractivity contribution in [1.29, 1.82) is 0 Å². The Morgan fingerprint density at radius 1 is 1.15 bits per heavy atom. The number of benzene rings is 1. The van der Waals surface area contributed by atoms with Gasteiger partial charge in [0.25, 0.3) is 0 Å². The van der Waals surface area contributed by atoms with E-state index >= 15 is 0 Å². The van der Waals surface area contributed by atoms with E-state index in [1.54, 1.807) is 18.2 Å². The molecular weight excluding hydrogens is 245 g/mol. The molecule has 0 saturated carbocycles.